The van der Waals surface area contributed by atoms with E-state index in [1.807, 2.05) is 0 Å². The van der Waals surface area contributed by atoms with Crippen molar-refractivity contribution in [3.05, 3.63) is 64.7 Å². The predicted molar refractivity (Wildman–Crippen MR) is 107 cm³/mol. The number of aliphatic hydroxyl groups excluding tert-OH is 1. The van der Waals surface area contributed by atoms with E-state index in [4.69, 9.17) is 9.47 Å². The van der Waals surface area contributed by atoms with Crippen LogP contribution >= 0.6 is 0 Å². The Bertz CT molecular complexity index is 1260. The third-order valence-corrected chi connectivity index (χ3v) is 5.53. The molecule has 5 rings (SSSR count). The molecule has 1 unspecified atom stereocenters. The Kier molecular flexibility index (Phi) is 3.81. The lowest BCUT2D eigenvalue weighted by molar-refractivity contribution is 0.0835. The minimum Gasteiger partial charge on any atom is -0.497 e. The summed E-state index contributed by atoms with van der Waals surface area (Å²) in [7, 11) is 2.97. The van der Waals surface area contributed by atoms with E-state index < -0.39 is 23.9 Å². The minimum atomic E-state index is -1.35. The number of ether oxygens (including phenoxy) is 2. The molecule has 1 atom stereocenters. The van der Waals surface area contributed by atoms with E-state index in [1.54, 1.807) is 30.3 Å². The fourth-order valence-corrected chi connectivity index (χ4v) is 4.14. The van der Waals surface area contributed by atoms with Gasteiger partial charge in [-0.3, -0.25) is 24.6 Å². The zero-order valence-corrected chi connectivity index (χ0v) is 16.1. The van der Waals surface area contributed by atoms with Gasteiger partial charge in [-0.05, 0) is 30.3 Å². The Morgan fingerprint density at radius 2 is 1.53 bits per heavy atom. The normalized spacial score (nSPS) is 17.2. The molecule has 0 spiro atoms. The quantitative estimate of drug-likeness (QED) is 0.650. The zero-order valence-electron chi connectivity index (χ0n) is 16.1. The van der Waals surface area contributed by atoms with E-state index in [2.05, 4.69) is 5.32 Å². The molecule has 2 heterocycles. The van der Waals surface area contributed by atoms with Crippen LogP contribution < -0.4 is 19.7 Å². The van der Waals surface area contributed by atoms with Gasteiger partial charge in [-0.1, -0.05) is 6.07 Å². The Balaban J connectivity index is 1.79. The lowest BCUT2D eigenvalue weighted by atomic mass is 9.86. The van der Waals surface area contributed by atoms with Crippen LogP contribution in [-0.2, 0) is 0 Å². The molecule has 0 saturated heterocycles. The first-order chi connectivity index (χ1) is 14.5. The molecular weight excluding hydrogens is 388 g/mol. The molecule has 8 nitrogen and oxygen atoms in total. The van der Waals surface area contributed by atoms with Crippen LogP contribution in [0.3, 0.4) is 0 Å². The molecule has 0 radical (unpaired) electrons. The van der Waals surface area contributed by atoms with Gasteiger partial charge >= 0.3 is 0 Å². The number of anilines is 1. The topological polar surface area (TPSA) is 105 Å². The summed E-state index contributed by atoms with van der Waals surface area (Å²) in [5.41, 5.74) is 1.61. The molecule has 2 aliphatic rings. The van der Waals surface area contributed by atoms with Crippen LogP contribution in [0.1, 0.15) is 42.9 Å². The van der Waals surface area contributed by atoms with E-state index in [0.717, 1.165) is 0 Å². The molecule has 2 N–H and O–H groups in total. The standard InChI is InChI=1S/C22H16N2O6/c1-29-10-3-8-16(30-2)15(9-10)24-21(27)13-6-4-11-17-12(20(26)23-19(11)25)5-7-14(18(13)17)22(24)28/h3-9,21,27H,1-2H3,(H,23,25,26). The zero-order chi connectivity index (χ0) is 21.2. The van der Waals surface area contributed by atoms with Crippen LogP contribution in [0.5, 0.6) is 11.5 Å². The van der Waals surface area contributed by atoms with Gasteiger partial charge in [-0.2, -0.15) is 0 Å². The number of amides is 3. The molecule has 3 amide bonds. The van der Waals surface area contributed by atoms with Gasteiger partial charge in [0.1, 0.15) is 11.5 Å². The number of hydrogen-bond donors (Lipinski definition) is 2. The van der Waals surface area contributed by atoms with Crippen molar-refractivity contribution in [2.45, 2.75) is 6.23 Å². The summed E-state index contributed by atoms with van der Waals surface area (Å²) in [4.78, 5) is 39.3. The van der Waals surface area contributed by atoms with Gasteiger partial charge in [-0.25, -0.2) is 0 Å². The van der Waals surface area contributed by atoms with Crippen LogP contribution in [0, 0.1) is 0 Å². The van der Waals surface area contributed by atoms with Crippen LogP contribution in [0.15, 0.2) is 42.5 Å². The molecule has 8 heteroatoms. The lowest BCUT2D eigenvalue weighted by Gasteiger charge is -2.35. The number of methoxy groups -OCH3 is 2. The summed E-state index contributed by atoms with van der Waals surface area (Å²) in [6.45, 7) is 0. The number of nitrogens with zero attached hydrogens (tertiary/aromatic N) is 1. The highest BCUT2D eigenvalue weighted by Crippen LogP contribution is 2.44. The molecule has 30 heavy (non-hydrogen) atoms. The van der Waals surface area contributed by atoms with E-state index in [-0.39, 0.29) is 16.7 Å². The summed E-state index contributed by atoms with van der Waals surface area (Å²) in [5, 5.41) is 14.2. The summed E-state index contributed by atoms with van der Waals surface area (Å²) in [5.74, 6) is -0.676. The summed E-state index contributed by atoms with van der Waals surface area (Å²) >= 11 is 0. The summed E-state index contributed by atoms with van der Waals surface area (Å²) in [6, 6.07) is 11.1. The van der Waals surface area contributed by atoms with Crippen molar-refractivity contribution in [1.82, 2.24) is 5.32 Å². The van der Waals surface area contributed by atoms with E-state index in [0.29, 0.717) is 33.5 Å². The SMILES string of the molecule is COc1ccc(OC)c(N2C(=O)c3ccc4c5c(ccc(c35)C2O)C(=O)NC4=O)c1. The number of carbonyl (C=O) groups excluding carboxylic acids is 3. The van der Waals surface area contributed by atoms with Crippen molar-refractivity contribution in [2.75, 3.05) is 19.1 Å². The predicted octanol–water partition coefficient (Wildman–Crippen LogP) is 2.39. The number of carbonyl (C=O) groups is 3. The number of rotatable bonds is 3. The Morgan fingerprint density at radius 1 is 0.867 bits per heavy atom. The fraction of sp³-hybridized carbons (Fsp3) is 0.136. The Labute approximate surface area is 170 Å². The highest BCUT2D eigenvalue weighted by Gasteiger charge is 2.38. The van der Waals surface area contributed by atoms with Gasteiger partial charge in [0.15, 0.2) is 6.23 Å². The molecule has 3 aromatic carbocycles. The molecular formula is C22H16N2O6. The average molecular weight is 404 g/mol. The van der Waals surface area contributed by atoms with E-state index in [1.165, 1.54) is 31.3 Å². The maximum absolute atomic E-state index is 13.5. The van der Waals surface area contributed by atoms with Crippen LogP contribution in [0.2, 0.25) is 0 Å². The van der Waals surface area contributed by atoms with Gasteiger partial charge in [0.2, 0.25) is 0 Å². The number of imide groups is 1. The van der Waals surface area contributed by atoms with Crippen molar-refractivity contribution in [2.24, 2.45) is 0 Å². The van der Waals surface area contributed by atoms with Crippen molar-refractivity contribution in [1.29, 1.82) is 0 Å². The lowest BCUT2D eigenvalue weighted by Crippen LogP contribution is -2.40. The van der Waals surface area contributed by atoms with Crippen molar-refractivity contribution < 1.29 is 29.0 Å². The third kappa shape index (κ3) is 2.28. The first-order valence-electron chi connectivity index (χ1n) is 9.15. The van der Waals surface area contributed by atoms with E-state index in [9.17, 15) is 19.5 Å². The number of aliphatic hydroxyl groups is 1. The second kappa shape index (κ2) is 6.30. The summed E-state index contributed by atoms with van der Waals surface area (Å²) < 4.78 is 10.7. The average Bonchev–Trinajstić information content (AvgIpc) is 2.75. The second-order valence-electron chi connectivity index (χ2n) is 6.98. The molecule has 0 bridgehead atoms. The van der Waals surface area contributed by atoms with Gasteiger partial charge in [0.25, 0.3) is 17.7 Å². The van der Waals surface area contributed by atoms with Crippen molar-refractivity contribution >= 4 is 34.2 Å². The highest BCUT2D eigenvalue weighted by molar-refractivity contribution is 6.29. The smallest absolute Gasteiger partial charge is 0.261 e. The van der Waals surface area contributed by atoms with Crippen molar-refractivity contribution in [3.8, 4) is 11.5 Å². The molecule has 2 aliphatic heterocycles. The highest BCUT2D eigenvalue weighted by atomic mass is 16.5. The fourth-order valence-electron chi connectivity index (χ4n) is 4.14. The summed E-state index contributed by atoms with van der Waals surface area (Å²) in [6.07, 6.45) is -1.35. The van der Waals surface area contributed by atoms with E-state index >= 15 is 0 Å². The van der Waals surface area contributed by atoms with Gasteiger partial charge in [0, 0.05) is 39.1 Å². The third-order valence-electron chi connectivity index (χ3n) is 5.53. The first-order valence-corrected chi connectivity index (χ1v) is 9.15. The van der Waals surface area contributed by atoms with Gasteiger partial charge in [-0.15, -0.1) is 0 Å². The van der Waals surface area contributed by atoms with Crippen LogP contribution in [-0.4, -0.2) is 37.0 Å². The first kappa shape index (κ1) is 18.1. The van der Waals surface area contributed by atoms with Gasteiger partial charge < -0.3 is 14.6 Å². The molecule has 3 aromatic rings. The maximum atomic E-state index is 13.5. The molecule has 150 valence electrons. The van der Waals surface area contributed by atoms with Crippen LogP contribution in [0.25, 0.3) is 10.8 Å². The largest absolute Gasteiger partial charge is 0.497 e. The molecule has 0 fully saturated rings. The number of nitrogens with one attached hydrogen (secondary N) is 1. The monoisotopic (exact) mass is 404 g/mol. The van der Waals surface area contributed by atoms with Gasteiger partial charge in [0.05, 0.1) is 19.9 Å². The van der Waals surface area contributed by atoms with Crippen molar-refractivity contribution in [3.63, 3.8) is 0 Å². The molecule has 0 saturated carbocycles. The molecule has 0 aromatic heterocycles. The Hall–Kier alpha value is -3.91. The number of benzene rings is 3. The second-order valence-corrected chi connectivity index (χ2v) is 6.98. The molecule has 0 aliphatic carbocycles. The Morgan fingerprint density at radius 3 is 2.20 bits per heavy atom. The van der Waals surface area contributed by atoms with Crippen LogP contribution in [0.4, 0.5) is 5.69 Å². The maximum Gasteiger partial charge on any atom is 0.261 e. The minimum absolute atomic E-state index is 0.281. The number of hydrogen-bond acceptors (Lipinski definition) is 6.